The third-order valence-corrected chi connectivity index (χ3v) is 7.05. The van der Waals surface area contributed by atoms with Crippen LogP contribution in [-0.4, -0.2) is 66.0 Å². The van der Waals surface area contributed by atoms with Gasteiger partial charge >= 0.3 is 0 Å². The van der Waals surface area contributed by atoms with Crippen molar-refractivity contribution in [1.82, 2.24) is 9.80 Å². The van der Waals surface area contributed by atoms with E-state index in [1.165, 1.54) is 10.6 Å². The fourth-order valence-electron chi connectivity index (χ4n) is 5.29. The molecule has 8 heteroatoms. The first-order chi connectivity index (χ1) is 16.5. The average molecular weight is 460 g/mol. The lowest BCUT2D eigenvalue weighted by Crippen LogP contribution is -2.33. The Hall–Kier alpha value is -3.52. The van der Waals surface area contributed by atoms with Crippen LogP contribution in [0, 0.1) is 11.8 Å². The molecule has 2 aromatic carbocycles. The number of likely N-dealkylation sites (tertiary alicyclic amines) is 2. The van der Waals surface area contributed by atoms with Gasteiger partial charge in [-0.2, -0.15) is 10.1 Å². The quantitative estimate of drug-likeness (QED) is 0.684. The second-order valence-electron chi connectivity index (χ2n) is 9.42. The summed E-state index contributed by atoms with van der Waals surface area (Å²) in [6.07, 6.45) is 2.16. The number of anilines is 1. The molecule has 2 saturated heterocycles. The van der Waals surface area contributed by atoms with Crippen LogP contribution in [-0.2, 0) is 16.0 Å². The molecular formula is C26H29N5O3. The van der Waals surface area contributed by atoms with Crippen molar-refractivity contribution in [3.05, 3.63) is 65.7 Å². The maximum atomic E-state index is 13.1. The third kappa shape index (κ3) is 4.59. The predicted octanol–water partition coefficient (Wildman–Crippen LogP) is 1.90. The molecule has 5 rings (SSSR count). The fourth-order valence-corrected chi connectivity index (χ4v) is 5.29. The second kappa shape index (κ2) is 9.38. The van der Waals surface area contributed by atoms with Gasteiger partial charge in [-0.15, -0.1) is 0 Å². The molecule has 176 valence electrons. The summed E-state index contributed by atoms with van der Waals surface area (Å²) in [4.78, 5) is 41.0. The summed E-state index contributed by atoms with van der Waals surface area (Å²) in [7, 11) is 0. The topological polar surface area (TPSA) is 99.3 Å². The van der Waals surface area contributed by atoms with E-state index in [1.807, 2.05) is 4.90 Å². The molecule has 2 fully saturated rings. The molecule has 0 radical (unpaired) electrons. The van der Waals surface area contributed by atoms with Crippen LogP contribution in [0.1, 0.15) is 28.8 Å². The first-order valence-corrected chi connectivity index (χ1v) is 11.8. The lowest BCUT2D eigenvalue weighted by molar-refractivity contribution is -0.117. The predicted molar refractivity (Wildman–Crippen MR) is 129 cm³/mol. The number of primary amides is 1. The van der Waals surface area contributed by atoms with Crippen molar-refractivity contribution in [2.45, 2.75) is 19.3 Å². The molecule has 3 aliphatic heterocycles. The van der Waals surface area contributed by atoms with Crippen LogP contribution in [0.25, 0.3) is 0 Å². The van der Waals surface area contributed by atoms with Crippen molar-refractivity contribution in [2.75, 3.05) is 37.7 Å². The molecule has 8 nitrogen and oxygen atoms in total. The van der Waals surface area contributed by atoms with Crippen LogP contribution in [0.4, 0.5) is 5.69 Å². The zero-order chi connectivity index (χ0) is 23.7. The van der Waals surface area contributed by atoms with E-state index < -0.39 is 5.91 Å². The monoisotopic (exact) mass is 459 g/mol. The number of nitrogens with two attached hydrogens (primary N) is 1. The Morgan fingerprint density at radius 3 is 2.24 bits per heavy atom. The molecule has 2 N–H and O–H groups in total. The Bertz CT molecular complexity index is 1100. The number of hydrogen-bond acceptors (Lipinski definition) is 5. The number of amides is 3. The Morgan fingerprint density at radius 1 is 0.941 bits per heavy atom. The van der Waals surface area contributed by atoms with E-state index in [-0.39, 0.29) is 23.9 Å². The van der Waals surface area contributed by atoms with E-state index in [1.54, 1.807) is 24.3 Å². The van der Waals surface area contributed by atoms with Gasteiger partial charge in [-0.05, 0) is 61.1 Å². The molecule has 2 atom stereocenters. The van der Waals surface area contributed by atoms with Crippen LogP contribution >= 0.6 is 0 Å². The number of nitrogens with zero attached hydrogens (tertiary/aromatic N) is 4. The van der Waals surface area contributed by atoms with Crippen LogP contribution < -0.4 is 10.7 Å². The van der Waals surface area contributed by atoms with Crippen LogP contribution in [0.3, 0.4) is 0 Å². The smallest absolute Gasteiger partial charge is 0.265 e. The largest absolute Gasteiger partial charge is 0.364 e. The average Bonchev–Trinajstić information content (AvgIpc) is 3.53. The molecule has 0 bridgehead atoms. The molecule has 0 aromatic heterocycles. The van der Waals surface area contributed by atoms with Crippen LogP contribution in [0.15, 0.2) is 59.7 Å². The van der Waals surface area contributed by atoms with Crippen molar-refractivity contribution in [2.24, 2.45) is 22.7 Å². The Morgan fingerprint density at radius 2 is 1.62 bits per heavy atom. The van der Waals surface area contributed by atoms with Gasteiger partial charge in [0.25, 0.3) is 17.7 Å². The Balaban J connectivity index is 1.12. The van der Waals surface area contributed by atoms with Crippen LogP contribution in [0.2, 0.25) is 0 Å². The number of rotatable bonds is 7. The summed E-state index contributed by atoms with van der Waals surface area (Å²) in [5.41, 5.74) is 7.77. The highest BCUT2D eigenvalue weighted by Crippen LogP contribution is 2.32. The zero-order valence-corrected chi connectivity index (χ0v) is 19.1. The fraction of sp³-hybridized carbons (Fsp3) is 0.385. The zero-order valence-electron chi connectivity index (χ0n) is 19.1. The maximum Gasteiger partial charge on any atom is 0.265 e. The van der Waals surface area contributed by atoms with Gasteiger partial charge in [0.05, 0.1) is 12.1 Å². The first kappa shape index (κ1) is 22.3. The number of fused-ring (bicyclic) bond motifs is 1. The summed E-state index contributed by atoms with van der Waals surface area (Å²) < 4.78 is 0. The lowest BCUT2D eigenvalue weighted by Gasteiger charge is -2.22. The molecule has 0 spiro atoms. The molecule has 0 aliphatic carbocycles. The standard InChI is InChI=1S/C26H29N5O3/c27-25(33)23-13-24(32)31(28-23)22-10-8-19(9-11-22)26(34)30-16-20-14-29(15-21(20)17-30)12-4-7-18-5-2-1-3-6-18/h1-3,5-6,8-11,20-21H,4,7,12-17H2,(H2,27,33)/t20-,21?/m0/s1. The number of hydrogen-bond donors (Lipinski definition) is 1. The van der Waals surface area contributed by atoms with E-state index in [0.717, 1.165) is 45.6 Å². The third-order valence-electron chi connectivity index (χ3n) is 7.05. The van der Waals surface area contributed by atoms with E-state index in [0.29, 0.717) is 23.1 Å². The van der Waals surface area contributed by atoms with Crippen molar-refractivity contribution in [1.29, 1.82) is 0 Å². The minimum absolute atomic E-state index is 0.0191. The minimum atomic E-state index is -0.697. The molecule has 0 saturated carbocycles. The minimum Gasteiger partial charge on any atom is -0.364 e. The second-order valence-corrected chi connectivity index (χ2v) is 9.42. The van der Waals surface area contributed by atoms with E-state index >= 15 is 0 Å². The maximum absolute atomic E-state index is 13.1. The van der Waals surface area contributed by atoms with Crippen molar-refractivity contribution < 1.29 is 14.4 Å². The molecule has 3 amide bonds. The van der Waals surface area contributed by atoms with Gasteiger partial charge in [0.15, 0.2) is 0 Å². The number of carbonyl (C=O) groups excluding carboxylic acids is 3. The van der Waals surface area contributed by atoms with E-state index in [4.69, 9.17) is 5.73 Å². The van der Waals surface area contributed by atoms with Crippen LogP contribution in [0.5, 0.6) is 0 Å². The summed E-state index contributed by atoms with van der Waals surface area (Å²) in [5, 5.41) is 5.17. The summed E-state index contributed by atoms with van der Waals surface area (Å²) in [5.74, 6) is 0.0728. The SMILES string of the molecule is NC(=O)C1=NN(c2ccc(C(=O)N3CC4CN(CCCc5ccccc5)C[C@H]4C3)cc2)C(=O)C1. The summed E-state index contributed by atoms with van der Waals surface area (Å²) in [6, 6.07) is 17.4. The molecule has 1 unspecified atom stereocenters. The summed E-state index contributed by atoms with van der Waals surface area (Å²) >= 11 is 0. The molecular weight excluding hydrogens is 430 g/mol. The van der Waals surface area contributed by atoms with Gasteiger partial charge in [0, 0.05) is 31.7 Å². The van der Waals surface area contributed by atoms with Crippen molar-refractivity contribution >= 4 is 29.1 Å². The van der Waals surface area contributed by atoms with Gasteiger partial charge < -0.3 is 15.5 Å². The van der Waals surface area contributed by atoms with E-state index in [2.05, 4.69) is 40.3 Å². The van der Waals surface area contributed by atoms with Gasteiger partial charge in [0.1, 0.15) is 5.71 Å². The van der Waals surface area contributed by atoms with Crippen molar-refractivity contribution in [3.8, 4) is 0 Å². The van der Waals surface area contributed by atoms with E-state index in [9.17, 15) is 14.4 Å². The van der Waals surface area contributed by atoms with Crippen molar-refractivity contribution in [3.63, 3.8) is 0 Å². The number of carbonyl (C=O) groups is 3. The number of hydrazone groups is 1. The highest BCUT2D eigenvalue weighted by atomic mass is 16.2. The van der Waals surface area contributed by atoms with Gasteiger partial charge in [-0.1, -0.05) is 30.3 Å². The summed E-state index contributed by atoms with van der Waals surface area (Å²) in [6.45, 7) is 4.79. The highest BCUT2D eigenvalue weighted by Gasteiger charge is 2.41. The molecule has 3 heterocycles. The first-order valence-electron chi connectivity index (χ1n) is 11.8. The number of benzene rings is 2. The number of aryl methyl sites for hydroxylation is 1. The molecule has 2 aromatic rings. The highest BCUT2D eigenvalue weighted by molar-refractivity contribution is 6.44. The Labute approximate surface area is 199 Å². The molecule has 3 aliphatic rings. The van der Waals surface area contributed by atoms with Gasteiger partial charge in [-0.25, -0.2) is 0 Å². The molecule has 34 heavy (non-hydrogen) atoms. The normalized spacial score (nSPS) is 22.2. The Kier molecular flexibility index (Phi) is 6.15. The van der Waals surface area contributed by atoms with Gasteiger partial charge in [-0.3, -0.25) is 14.4 Å². The lowest BCUT2D eigenvalue weighted by atomic mass is 10.0. The van der Waals surface area contributed by atoms with Gasteiger partial charge in [0.2, 0.25) is 0 Å².